The first-order valence-corrected chi connectivity index (χ1v) is 6.80. The molecule has 2 heterocycles. The highest BCUT2D eigenvalue weighted by Gasteiger charge is 2.02. The summed E-state index contributed by atoms with van der Waals surface area (Å²) in [4.78, 5) is 8.51. The van der Waals surface area contributed by atoms with Gasteiger partial charge in [-0.15, -0.1) is 5.10 Å². The molecule has 108 valence electrons. The number of aryl methyl sites for hydroxylation is 1. The lowest BCUT2D eigenvalue weighted by atomic mass is 10.2. The van der Waals surface area contributed by atoms with Gasteiger partial charge >= 0.3 is 0 Å². The summed E-state index contributed by atoms with van der Waals surface area (Å²) in [5.41, 5.74) is 3.55. The number of rotatable bonds is 6. The summed E-state index contributed by atoms with van der Waals surface area (Å²) in [5, 5.41) is 20.2. The summed E-state index contributed by atoms with van der Waals surface area (Å²) in [6.45, 7) is 1.42. The van der Waals surface area contributed by atoms with Crippen molar-refractivity contribution >= 4 is 16.7 Å². The highest BCUT2D eigenvalue weighted by Crippen LogP contribution is 2.15. The summed E-state index contributed by atoms with van der Waals surface area (Å²) in [7, 11) is 0. The third-order valence-corrected chi connectivity index (χ3v) is 3.07. The van der Waals surface area contributed by atoms with Gasteiger partial charge in [0.25, 0.3) is 0 Å². The Hall–Kier alpha value is -2.54. The van der Waals surface area contributed by atoms with E-state index < -0.39 is 0 Å². The summed E-state index contributed by atoms with van der Waals surface area (Å²) in [5.74, 6) is 0. The van der Waals surface area contributed by atoms with Gasteiger partial charge in [-0.3, -0.25) is 14.6 Å². The molecule has 7 nitrogen and oxygen atoms in total. The van der Waals surface area contributed by atoms with Crippen LogP contribution in [-0.2, 0) is 13.1 Å². The molecule has 0 radical (unpaired) electrons. The second kappa shape index (κ2) is 6.27. The lowest BCUT2D eigenvalue weighted by molar-refractivity contribution is 0.276. The Balaban J connectivity index is 1.64. The van der Waals surface area contributed by atoms with Crippen LogP contribution in [0.5, 0.6) is 0 Å². The fourth-order valence-electron chi connectivity index (χ4n) is 2.03. The van der Waals surface area contributed by atoms with E-state index in [0.717, 1.165) is 22.4 Å². The van der Waals surface area contributed by atoms with Crippen LogP contribution >= 0.6 is 0 Å². The fourth-order valence-corrected chi connectivity index (χ4v) is 2.03. The molecule has 0 aliphatic rings. The lowest BCUT2D eigenvalue weighted by Gasteiger charge is -2.04. The van der Waals surface area contributed by atoms with Gasteiger partial charge in [0.2, 0.25) is 0 Å². The monoisotopic (exact) mass is 284 g/mol. The zero-order valence-corrected chi connectivity index (χ0v) is 11.5. The predicted molar refractivity (Wildman–Crippen MR) is 78.6 cm³/mol. The fraction of sp³-hybridized carbons (Fsp3) is 0.286. The molecular formula is C14H16N6O. The topological polar surface area (TPSA) is 88.8 Å². The van der Waals surface area contributed by atoms with Crippen molar-refractivity contribution in [3.05, 3.63) is 42.5 Å². The molecule has 0 bridgehead atoms. The smallest absolute Gasteiger partial charge is 0.102 e. The third kappa shape index (κ3) is 3.32. The number of aliphatic hydroxyl groups excluding tert-OH is 1. The number of nitrogens with zero attached hydrogens (tertiary/aromatic N) is 5. The molecule has 0 fully saturated rings. The first-order chi connectivity index (χ1) is 10.3. The van der Waals surface area contributed by atoms with Crippen LogP contribution in [0.2, 0.25) is 0 Å². The molecule has 2 aromatic heterocycles. The van der Waals surface area contributed by atoms with Gasteiger partial charge in [0, 0.05) is 31.2 Å². The van der Waals surface area contributed by atoms with Crippen LogP contribution < -0.4 is 5.32 Å². The van der Waals surface area contributed by atoms with Crippen molar-refractivity contribution in [3.63, 3.8) is 0 Å². The largest absolute Gasteiger partial charge is 0.396 e. The van der Waals surface area contributed by atoms with Gasteiger partial charge in [0.1, 0.15) is 5.69 Å². The van der Waals surface area contributed by atoms with Gasteiger partial charge in [0.05, 0.1) is 23.8 Å². The van der Waals surface area contributed by atoms with Gasteiger partial charge in [-0.2, -0.15) is 0 Å². The Labute approximate surface area is 121 Å². The Morgan fingerprint density at radius 1 is 1.14 bits per heavy atom. The van der Waals surface area contributed by atoms with Crippen LogP contribution in [0, 0.1) is 0 Å². The molecule has 0 spiro atoms. The molecule has 0 aliphatic heterocycles. The summed E-state index contributed by atoms with van der Waals surface area (Å²) >= 11 is 0. The van der Waals surface area contributed by atoms with E-state index in [1.54, 1.807) is 17.1 Å². The summed E-state index contributed by atoms with van der Waals surface area (Å²) in [6.07, 6.45) is 5.92. The van der Waals surface area contributed by atoms with Crippen LogP contribution in [0.1, 0.15) is 12.1 Å². The maximum absolute atomic E-state index is 8.79. The molecule has 3 aromatic rings. The Bertz CT molecular complexity index is 726. The quantitative estimate of drug-likeness (QED) is 0.707. The van der Waals surface area contributed by atoms with E-state index in [9.17, 15) is 0 Å². The van der Waals surface area contributed by atoms with E-state index in [1.165, 1.54) is 0 Å². The first kappa shape index (κ1) is 13.4. The number of fused-ring (bicyclic) bond motifs is 1. The molecular weight excluding hydrogens is 268 g/mol. The van der Waals surface area contributed by atoms with Crippen molar-refractivity contribution in [3.8, 4) is 0 Å². The average molecular weight is 284 g/mol. The van der Waals surface area contributed by atoms with E-state index in [0.29, 0.717) is 19.5 Å². The molecule has 2 N–H and O–H groups in total. The molecule has 3 rings (SSSR count). The SMILES string of the molecule is OCCCn1cc(CNc2ccc3nccnc3c2)nn1. The predicted octanol–water partition coefficient (Wildman–Crippen LogP) is 1.22. The average Bonchev–Trinajstić information content (AvgIpc) is 2.98. The number of aliphatic hydroxyl groups is 1. The number of hydrogen-bond acceptors (Lipinski definition) is 6. The maximum Gasteiger partial charge on any atom is 0.102 e. The second-order valence-corrected chi connectivity index (χ2v) is 4.66. The van der Waals surface area contributed by atoms with E-state index in [4.69, 9.17) is 5.11 Å². The zero-order chi connectivity index (χ0) is 14.5. The van der Waals surface area contributed by atoms with Crippen molar-refractivity contribution < 1.29 is 5.11 Å². The minimum atomic E-state index is 0.158. The number of aromatic nitrogens is 5. The van der Waals surface area contributed by atoms with Crippen LogP contribution in [0.4, 0.5) is 5.69 Å². The van der Waals surface area contributed by atoms with Crippen LogP contribution in [0.25, 0.3) is 11.0 Å². The standard InChI is InChI=1S/C14H16N6O/c21-7-1-6-20-10-12(18-19-20)9-17-11-2-3-13-14(8-11)16-5-4-15-13/h2-5,8,10,17,21H,1,6-7,9H2. The van der Waals surface area contributed by atoms with Crippen molar-refractivity contribution in [2.75, 3.05) is 11.9 Å². The number of hydrogen-bond donors (Lipinski definition) is 2. The number of nitrogens with one attached hydrogen (secondary N) is 1. The van der Waals surface area contributed by atoms with Crippen molar-refractivity contribution in [2.45, 2.75) is 19.5 Å². The zero-order valence-electron chi connectivity index (χ0n) is 11.5. The Morgan fingerprint density at radius 3 is 2.86 bits per heavy atom. The number of anilines is 1. The van der Waals surface area contributed by atoms with Crippen LogP contribution in [-0.4, -0.2) is 36.7 Å². The highest BCUT2D eigenvalue weighted by molar-refractivity contribution is 5.78. The molecule has 0 unspecified atom stereocenters. The maximum atomic E-state index is 8.79. The van der Waals surface area contributed by atoms with E-state index in [-0.39, 0.29) is 6.61 Å². The van der Waals surface area contributed by atoms with Gasteiger partial charge in [0.15, 0.2) is 0 Å². The van der Waals surface area contributed by atoms with Crippen LogP contribution in [0.3, 0.4) is 0 Å². The van der Waals surface area contributed by atoms with Gasteiger partial charge in [-0.25, -0.2) is 0 Å². The molecule has 21 heavy (non-hydrogen) atoms. The Kier molecular flexibility index (Phi) is 4.02. The third-order valence-electron chi connectivity index (χ3n) is 3.07. The highest BCUT2D eigenvalue weighted by atomic mass is 16.3. The molecule has 7 heteroatoms. The van der Waals surface area contributed by atoms with E-state index in [1.807, 2.05) is 24.4 Å². The van der Waals surface area contributed by atoms with E-state index in [2.05, 4.69) is 25.6 Å². The summed E-state index contributed by atoms with van der Waals surface area (Å²) in [6, 6.07) is 5.86. The Morgan fingerprint density at radius 2 is 2.00 bits per heavy atom. The van der Waals surface area contributed by atoms with Crippen molar-refractivity contribution in [1.29, 1.82) is 0 Å². The normalized spacial score (nSPS) is 10.9. The molecule has 0 amide bonds. The molecule has 0 atom stereocenters. The second-order valence-electron chi connectivity index (χ2n) is 4.66. The molecule has 0 saturated heterocycles. The summed E-state index contributed by atoms with van der Waals surface area (Å²) < 4.78 is 1.74. The van der Waals surface area contributed by atoms with Crippen molar-refractivity contribution in [1.82, 2.24) is 25.0 Å². The van der Waals surface area contributed by atoms with Crippen molar-refractivity contribution in [2.24, 2.45) is 0 Å². The minimum absolute atomic E-state index is 0.158. The van der Waals surface area contributed by atoms with Gasteiger partial charge in [-0.1, -0.05) is 5.21 Å². The molecule has 0 aliphatic carbocycles. The van der Waals surface area contributed by atoms with Gasteiger partial charge in [-0.05, 0) is 24.6 Å². The van der Waals surface area contributed by atoms with Crippen LogP contribution in [0.15, 0.2) is 36.8 Å². The molecule has 1 aromatic carbocycles. The lowest BCUT2D eigenvalue weighted by Crippen LogP contribution is -2.01. The molecule has 0 saturated carbocycles. The van der Waals surface area contributed by atoms with Gasteiger partial charge < -0.3 is 10.4 Å². The first-order valence-electron chi connectivity index (χ1n) is 6.80. The number of benzene rings is 1. The minimum Gasteiger partial charge on any atom is -0.396 e. The van der Waals surface area contributed by atoms with E-state index >= 15 is 0 Å².